The molecule has 88 valence electrons. The Balaban J connectivity index is 1.80. The van der Waals surface area contributed by atoms with E-state index in [1.54, 1.807) is 6.07 Å². The maximum absolute atomic E-state index is 12.8. The van der Waals surface area contributed by atoms with Crippen LogP contribution < -0.4 is 11.1 Å². The van der Waals surface area contributed by atoms with E-state index >= 15 is 0 Å². The number of likely N-dealkylation sites (tertiary alicyclic amines) is 1. The van der Waals surface area contributed by atoms with Gasteiger partial charge in [-0.05, 0) is 44.1 Å². The number of hydrogen-bond donors (Lipinski definition) is 2. The van der Waals surface area contributed by atoms with E-state index in [2.05, 4.69) is 10.2 Å². The van der Waals surface area contributed by atoms with Crippen LogP contribution in [0, 0.1) is 5.82 Å². The lowest BCUT2D eigenvalue weighted by Crippen LogP contribution is -2.26. The molecule has 0 bridgehead atoms. The Kier molecular flexibility index (Phi) is 3.62. The average molecular weight is 223 g/mol. The molecule has 1 aromatic carbocycles. The topological polar surface area (TPSA) is 41.3 Å². The maximum Gasteiger partial charge on any atom is 0.125 e. The molecule has 1 heterocycles. The molecule has 3 N–H and O–H groups in total. The second kappa shape index (κ2) is 5.16. The summed E-state index contributed by atoms with van der Waals surface area (Å²) in [5.41, 5.74) is 6.99. The highest BCUT2D eigenvalue weighted by Gasteiger charge is 2.10. The number of nitrogens with one attached hydrogen (secondary N) is 1. The third-order valence-corrected chi connectivity index (χ3v) is 2.96. The Morgan fingerprint density at radius 1 is 1.31 bits per heavy atom. The first kappa shape index (κ1) is 11.2. The molecule has 16 heavy (non-hydrogen) atoms. The van der Waals surface area contributed by atoms with Crippen LogP contribution in [-0.2, 0) is 0 Å². The number of anilines is 2. The Morgan fingerprint density at radius 2 is 2.06 bits per heavy atom. The van der Waals surface area contributed by atoms with Crippen molar-refractivity contribution < 1.29 is 4.39 Å². The van der Waals surface area contributed by atoms with Crippen molar-refractivity contribution in [1.29, 1.82) is 0 Å². The molecule has 0 aromatic heterocycles. The summed E-state index contributed by atoms with van der Waals surface area (Å²) < 4.78 is 12.8. The third-order valence-electron chi connectivity index (χ3n) is 2.96. The van der Waals surface area contributed by atoms with Crippen molar-refractivity contribution in [3.8, 4) is 0 Å². The number of nitrogens with zero attached hydrogens (tertiary/aromatic N) is 1. The second-order valence-electron chi connectivity index (χ2n) is 4.21. The molecule has 0 unspecified atom stereocenters. The van der Waals surface area contributed by atoms with Crippen molar-refractivity contribution in [2.24, 2.45) is 0 Å². The Bertz CT molecular complexity index is 348. The summed E-state index contributed by atoms with van der Waals surface area (Å²) >= 11 is 0. The Labute approximate surface area is 95.4 Å². The number of nitrogen functional groups attached to an aromatic ring is 1. The Morgan fingerprint density at radius 3 is 2.75 bits per heavy atom. The highest BCUT2D eigenvalue weighted by atomic mass is 19.1. The molecule has 2 rings (SSSR count). The number of nitrogens with two attached hydrogens (primary N) is 1. The van der Waals surface area contributed by atoms with Crippen LogP contribution in [0.3, 0.4) is 0 Å². The second-order valence-corrected chi connectivity index (χ2v) is 4.21. The van der Waals surface area contributed by atoms with Gasteiger partial charge in [-0.2, -0.15) is 0 Å². The van der Waals surface area contributed by atoms with Crippen molar-refractivity contribution in [1.82, 2.24) is 4.90 Å². The van der Waals surface area contributed by atoms with E-state index in [1.807, 2.05) is 0 Å². The molecule has 0 atom stereocenters. The summed E-state index contributed by atoms with van der Waals surface area (Å²) in [4.78, 5) is 2.42. The molecule has 0 saturated carbocycles. The summed E-state index contributed by atoms with van der Waals surface area (Å²) in [6, 6.07) is 4.46. The minimum atomic E-state index is -0.289. The lowest BCUT2D eigenvalue weighted by molar-refractivity contribution is 0.353. The molecular weight excluding hydrogens is 205 g/mol. The fourth-order valence-electron chi connectivity index (χ4n) is 2.05. The van der Waals surface area contributed by atoms with Gasteiger partial charge in [-0.25, -0.2) is 4.39 Å². The summed E-state index contributed by atoms with van der Waals surface area (Å²) in [5, 5.41) is 3.23. The first-order chi connectivity index (χ1) is 7.75. The molecule has 0 amide bonds. The lowest BCUT2D eigenvalue weighted by atomic mass is 10.2. The Hall–Kier alpha value is -1.29. The van der Waals surface area contributed by atoms with Crippen LogP contribution in [0.25, 0.3) is 0 Å². The van der Waals surface area contributed by atoms with Crippen LogP contribution in [-0.4, -0.2) is 31.1 Å². The molecule has 0 aliphatic carbocycles. The SMILES string of the molecule is Nc1cc(F)ccc1NCCN1CCCC1. The van der Waals surface area contributed by atoms with Gasteiger partial charge < -0.3 is 16.0 Å². The van der Waals surface area contributed by atoms with Gasteiger partial charge >= 0.3 is 0 Å². The fourth-order valence-corrected chi connectivity index (χ4v) is 2.05. The van der Waals surface area contributed by atoms with Crippen molar-refractivity contribution in [2.75, 3.05) is 37.2 Å². The molecule has 4 heteroatoms. The predicted molar refractivity (Wildman–Crippen MR) is 65.0 cm³/mol. The summed E-state index contributed by atoms with van der Waals surface area (Å²) in [6.45, 7) is 4.27. The zero-order valence-electron chi connectivity index (χ0n) is 9.38. The van der Waals surface area contributed by atoms with Gasteiger partial charge in [0.1, 0.15) is 5.82 Å². The van der Waals surface area contributed by atoms with Gasteiger partial charge in [0.2, 0.25) is 0 Å². The van der Waals surface area contributed by atoms with Crippen molar-refractivity contribution in [3.63, 3.8) is 0 Å². The monoisotopic (exact) mass is 223 g/mol. The van der Waals surface area contributed by atoms with Gasteiger partial charge in [-0.3, -0.25) is 0 Å². The zero-order valence-corrected chi connectivity index (χ0v) is 9.38. The predicted octanol–water partition coefficient (Wildman–Crippen LogP) is 1.92. The van der Waals surface area contributed by atoms with Gasteiger partial charge in [-0.1, -0.05) is 0 Å². The standard InChI is InChI=1S/C12H18FN3/c13-10-3-4-12(11(14)9-10)15-5-8-16-6-1-2-7-16/h3-4,9,15H,1-2,5-8,14H2. The highest BCUT2D eigenvalue weighted by Crippen LogP contribution is 2.18. The van der Waals surface area contributed by atoms with Crippen molar-refractivity contribution in [3.05, 3.63) is 24.0 Å². The molecular formula is C12H18FN3. The van der Waals surface area contributed by atoms with Crippen molar-refractivity contribution in [2.45, 2.75) is 12.8 Å². The highest BCUT2D eigenvalue weighted by molar-refractivity contribution is 5.65. The van der Waals surface area contributed by atoms with Crippen molar-refractivity contribution >= 4 is 11.4 Å². The third kappa shape index (κ3) is 2.85. The van der Waals surface area contributed by atoms with E-state index in [-0.39, 0.29) is 5.82 Å². The van der Waals surface area contributed by atoms with E-state index < -0.39 is 0 Å². The molecule has 1 saturated heterocycles. The van der Waals surface area contributed by atoms with E-state index in [0.717, 1.165) is 18.8 Å². The van der Waals surface area contributed by atoms with Crippen LogP contribution in [0.4, 0.5) is 15.8 Å². The first-order valence-electron chi connectivity index (χ1n) is 5.77. The van der Waals surface area contributed by atoms with Gasteiger partial charge in [0, 0.05) is 13.1 Å². The average Bonchev–Trinajstić information content (AvgIpc) is 2.74. The van der Waals surface area contributed by atoms with E-state index in [9.17, 15) is 4.39 Å². The van der Waals surface area contributed by atoms with E-state index in [0.29, 0.717) is 5.69 Å². The molecule has 1 aliphatic heterocycles. The first-order valence-corrected chi connectivity index (χ1v) is 5.77. The largest absolute Gasteiger partial charge is 0.397 e. The molecule has 1 aromatic rings. The summed E-state index contributed by atoms with van der Waals surface area (Å²) in [7, 11) is 0. The number of rotatable bonds is 4. The minimum absolute atomic E-state index is 0.289. The van der Waals surface area contributed by atoms with Gasteiger partial charge in [0.25, 0.3) is 0 Å². The quantitative estimate of drug-likeness (QED) is 0.766. The molecule has 1 aliphatic rings. The summed E-state index contributed by atoms with van der Waals surface area (Å²) in [6.07, 6.45) is 2.61. The van der Waals surface area contributed by atoms with Crippen LogP contribution in [0.1, 0.15) is 12.8 Å². The fraction of sp³-hybridized carbons (Fsp3) is 0.500. The smallest absolute Gasteiger partial charge is 0.125 e. The maximum atomic E-state index is 12.8. The van der Waals surface area contributed by atoms with Gasteiger partial charge in [0.05, 0.1) is 11.4 Å². The van der Waals surface area contributed by atoms with Crippen LogP contribution in [0.15, 0.2) is 18.2 Å². The zero-order chi connectivity index (χ0) is 11.4. The lowest BCUT2D eigenvalue weighted by Gasteiger charge is -2.16. The van der Waals surface area contributed by atoms with Crippen LogP contribution in [0.5, 0.6) is 0 Å². The van der Waals surface area contributed by atoms with Crippen LogP contribution in [0.2, 0.25) is 0 Å². The summed E-state index contributed by atoms with van der Waals surface area (Å²) in [5.74, 6) is -0.289. The number of benzene rings is 1. The number of halogens is 1. The molecule has 3 nitrogen and oxygen atoms in total. The van der Waals surface area contributed by atoms with Gasteiger partial charge in [0.15, 0.2) is 0 Å². The molecule has 1 fully saturated rings. The normalized spacial score (nSPS) is 16.6. The van der Waals surface area contributed by atoms with E-state index in [1.165, 1.54) is 38.1 Å². The minimum Gasteiger partial charge on any atom is -0.397 e. The van der Waals surface area contributed by atoms with Gasteiger partial charge in [-0.15, -0.1) is 0 Å². The molecule has 0 radical (unpaired) electrons. The van der Waals surface area contributed by atoms with E-state index in [4.69, 9.17) is 5.73 Å². The molecule has 0 spiro atoms. The number of hydrogen-bond acceptors (Lipinski definition) is 3. The van der Waals surface area contributed by atoms with Crippen LogP contribution >= 0.6 is 0 Å².